The highest BCUT2D eigenvalue weighted by Gasteiger charge is 1.97. The maximum atomic E-state index is 5.54. The Labute approximate surface area is 86.5 Å². The average molecular weight is 192 g/mol. The minimum atomic E-state index is 0.605. The minimum Gasteiger partial charge on any atom is -0.385 e. The van der Waals surface area contributed by atoms with Crippen LogP contribution in [-0.4, -0.2) is 13.1 Å². The second kappa shape index (κ2) is 5.66. The molecule has 0 aromatic heterocycles. The van der Waals surface area contributed by atoms with Gasteiger partial charge in [-0.2, -0.15) is 0 Å². The summed E-state index contributed by atoms with van der Waals surface area (Å²) in [5.74, 6) is 0.605. The zero-order chi connectivity index (χ0) is 10.4. The van der Waals surface area contributed by atoms with Crippen LogP contribution in [0.25, 0.3) is 0 Å². The Kier molecular flexibility index (Phi) is 4.47. The third-order valence-corrected chi connectivity index (χ3v) is 2.42. The summed E-state index contributed by atoms with van der Waals surface area (Å²) < 4.78 is 0. The molecule has 0 radical (unpaired) electrons. The monoisotopic (exact) mass is 192 g/mol. The van der Waals surface area contributed by atoms with Gasteiger partial charge in [0, 0.05) is 12.2 Å². The summed E-state index contributed by atoms with van der Waals surface area (Å²) in [4.78, 5) is 0. The topological polar surface area (TPSA) is 38.0 Å². The fourth-order valence-electron chi connectivity index (χ4n) is 1.25. The van der Waals surface area contributed by atoms with Gasteiger partial charge in [-0.1, -0.05) is 24.6 Å². The molecule has 1 aromatic carbocycles. The van der Waals surface area contributed by atoms with Gasteiger partial charge in [-0.05, 0) is 37.9 Å². The number of benzene rings is 1. The molecule has 78 valence electrons. The van der Waals surface area contributed by atoms with Crippen molar-refractivity contribution in [3.63, 3.8) is 0 Å². The van der Waals surface area contributed by atoms with Gasteiger partial charge >= 0.3 is 0 Å². The molecule has 0 aliphatic heterocycles. The number of nitrogens with two attached hydrogens (primary N) is 1. The molecule has 0 bridgehead atoms. The molecule has 14 heavy (non-hydrogen) atoms. The lowest BCUT2D eigenvalue weighted by atomic mass is 10.1. The van der Waals surface area contributed by atoms with Crippen molar-refractivity contribution in [2.24, 2.45) is 11.7 Å². The van der Waals surface area contributed by atoms with E-state index >= 15 is 0 Å². The molecule has 0 aliphatic carbocycles. The number of hydrogen-bond acceptors (Lipinski definition) is 2. The van der Waals surface area contributed by atoms with Crippen LogP contribution >= 0.6 is 0 Å². The zero-order valence-corrected chi connectivity index (χ0v) is 9.09. The Morgan fingerprint density at radius 2 is 1.93 bits per heavy atom. The summed E-state index contributed by atoms with van der Waals surface area (Å²) in [7, 11) is 0. The van der Waals surface area contributed by atoms with Gasteiger partial charge in [0.05, 0.1) is 0 Å². The van der Waals surface area contributed by atoms with Crippen molar-refractivity contribution in [3.8, 4) is 0 Å². The largest absolute Gasteiger partial charge is 0.385 e. The van der Waals surface area contributed by atoms with Crippen molar-refractivity contribution in [3.05, 3.63) is 29.8 Å². The van der Waals surface area contributed by atoms with E-state index in [2.05, 4.69) is 43.4 Å². The van der Waals surface area contributed by atoms with E-state index in [1.54, 1.807) is 0 Å². The molecule has 3 N–H and O–H groups in total. The predicted molar refractivity (Wildman–Crippen MR) is 62.5 cm³/mol. The minimum absolute atomic E-state index is 0.605. The van der Waals surface area contributed by atoms with E-state index in [0.717, 1.165) is 19.5 Å². The maximum absolute atomic E-state index is 5.54. The Hall–Kier alpha value is -1.02. The van der Waals surface area contributed by atoms with Crippen LogP contribution in [0.1, 0.15) is 18.9 Å². The Bertz CT molecular complexity index is 254. The Morgan fingerprint density at radius 1 is 1.29 bits per heavy atom. The molecular formula is C12H20N2. The average Bonchev–Trinajstić information content (AvgIpc) is 2.21. The molecule has 1 rings (SSSR count). The normalized spacial score (nSPS) is 12.5. The SMILES string of the molecule is Cc1ccc(NCCC(C)CN)cc1. The molecule has 0 saturated heterocycles. The van der Waals surface area contributed by atoms with Crippen LogP contribution < -0.4 is 11.1 Å². The van der Waals surface area contributed by atoms with Crippen LogP contribution in [0.5, 0.6) is 0 Å². The zero-order valence-electron chi connectivity index (χ0n) is 9.09. The highest BCUT2D eigenvalue weighted by molar-refractivity contribution is 5.44. The summed E-state index contributed by atoms with van der Waals surface area (Å²) in [6.07, 6.45) is 1.13. The van der Waals surface area contributed by atoms with E-state index in [0.29, 0.717) is 5.92 Å². The molecular weight excluding hydrogens is 172 g/mol. The predicted octanol–water partition coefficient (Wildman–Crippen LogP) is 2.39. The van der Waals surface area contributed by atoms with Crippen molar-refractivity contribution in [1.82, 2.24) is 0 Å². The lowest BCUT2D eigenvalue weighted by Crippen LogP contribution is -2.14. The second-order valence-corrected chi connectivity index (χ2v) is 3.92. The number of nitrogens with one attached hydrogen (secondary N) is 1. The smallest absolute Gasteiger partial charge is 0.0340 e. The molecule has 1 atom stereocenters. The summed E-state index contributed by atoms with van der Waals surface area (Å²) in [5.41, 5.74) is 8.03. The van der Waals surface area contributed by atoms with Crippen molar-refractivity contribution in [1.29, 1.82) is 0 Å². The van der Waals surface area contributed by atoms with Crippen LogP contribution in [0.15, 0.2) is 24.3 Å². The standard InChI is InChI=1S/C12H20N2/c1-10-3-5-12(6-4-10)14-8-7-11(2)9-13/h3-6,11,14H,7-9,13H2,1-2H3. The van der Waals surface area contributed by atoms with Crippen LogP contribution in [0, 0.1) is 12.8 Å². The van der Waals surface area contributed by atoms with Crippen molar-refractivity contribution in [2.75, 3.05) is 18.4 Å². The fraction of sp³-hybridized carbons (Fsp3) is 0.500. The molecule has 0 amide bonds. The second-order valence-electron chi connectivity index (χ2n) is 3.92. The van der Waals surface area contributed by atoms with Gasteiger partial charge in [0.1, 0.15) is 0 Å². The first-order valence-electron chi connectivity index (χ1n) is 5.23. The van der Waals surface area contributed by atoms with E-state index in [4.69, 9.17) is 5.73 Å². The molecule has 1 aromatic rings. The molecule has 2 nitrogen and oxygen atoms in total. The highest BCUT2D eigenvalue weighted by atomic mass is 14.9. The van der Waals surface area contributed by atoms with Crippen molar-refractivity contribution >= 4 is 5.69 Å². The summed E-state index contributed by atoms with van der Waals surface area (Å²) >= 11 is 0. The van der Waals surface area contributed by atoms with Gasteiger partial charge < -0.3 is 11.1 Å². The number of rotatable bonds is 5. The first-order chi connectivity index (χ1) is 6.72. The van der Waals surface area contributed by atoms with E-state index < -0.39 is 0 Å². The lowest BCUT2D eigenvalue weighted by molar-refractivity contribution is 0.561. The number of aryl methyl sites for hydroxylation is 1. The summed E-state index contributed by atoms with van der Waals surface area (Å²) in [6.45, 7) is 6.05. The fourth-order valence-corrected chi connectivity index (χ4v) is 1.25. The third-order valence-electron chi connectivity index (χ3n) is 2.42. The van der Waals surface area contributed by atoms with Gasteiger partial charge in [0.2, 0.25) is 0 Å². The Morgan fingerprint density at radius 3 is 2.50 bits per heavy atom. The quantitative estimate of drug-likeness (QED) is 0.751. The van der Waals surface area contributed by atoms with Gasteiger partial charge in [-0.15, -0.1) is 0 Å². The van der Waals surface area contributed by atoms with Gasteiger partial charge in [0.15, 0.2) is 0 Å². The molecule has 2 heteroatoms. The third kappa shape index (κ3) is 3.79. The maximum Gasteiger partial charge on any atom is 0.0340 e. The molecule has 0 aliphatic rings. The number of hydrogen-bond donors (Lipinski definition) is 2. The molecule has 0 heterocycles. The number of anilines is 1. The highest BCUT2D eigenvalue weighted by Crippen LogP contribution is 2.09. The summed E-state index contributed by atoms with van der Waals surface area (Å²) in [6, 6.07) is 8.47. The van der Waals surface area contributed by atoms with Crippen molar-refractivity contribution < 1.29 is 0 Å². The van der Waals surface area contributed by atoms with Crippen LogP contribution in [-0.2, 0) is 0 Å². The molecule has 0 saturated carbocycles. The van der Waals surface area contributed by atoms with Crippen LogP contribution in [0.2, 0.25) is 0 Å². The van der Waals surface area contributed by atoms with Gasteiger partial charge in [-0.25, -0.2) is 0 Å². The van der Waals surface area contributed by atoms with Gasteiger partial charge in [-0.3, -0.25) is 0 Å². The van der Waals surface area contributed by atoms with Crippen LogP contribution in [0.3, 0.4) is 0 Å². The summed E-state index contributed by atoms with van der Waals surface area (Å²) in [5, 5.41) is 3.38. The lowest BCUT2D eigenvalue weighted by Gasteiger charge is -2.10. The van der Waals surface area contributed by atoms with E-state index in [9.17, 15) is 0 Å². The van der Waals surface area contributed by atoms with E-state index in [1.165, 1.54) is 11.3 Å². The van der Waals surface area contributed by atoms with Crippen LogP contribution in [0.4, 0.5) is 5.69 Å². The van der Waals surface area contributed by atoms with E-state index in [-0.39, 0.29) is 0 Å². The van der Waals surface area contributed by atoms with E-state index in [1.807, 2.05) is 0 Å². The molecule has 1 unspecified atom stereocenters. The van der Waals surface area contributed by atoms with Gasteiger partial charge in [0.25, 0.3) is 0 Å². The molecule has 0 fully saturated rings. The first-order valence-corrected chi connectivity index (χ1v) is 5.23. The van der Waals surface area contributed by atoms with Crippen molar-refractivity contribution in [2.45, 2.75) is 20.3 Å². The molecule has 0 spiro atoms. The first kappa shape index (κ1) is 11.1. The Balaban J connectivity index is 2.28.